The van der Waals surface area contributed by atoms with Gasteiger partial charge in [-0.05, 0) is 36.4 Å². The summed E-state index contributed by atoms with van der Waals surface area (Å²) in [4.78, 5) is 12.4. The third kappa shape index (κ3) is 3.54. The zero-order chi connectivity index (χ0) is 18.5. The Kier molecular flexibility index (Phi) is 4.94. The number of hydrogen-bond donors (Lipinski definition) is 1. The number of nitrogens with zero attached hydrogens (tertiary/aromatic N) is 1. The van der Waals surface area contributed by atoms with E-state index < -0.39 is 5.91 Å². The SMILES string of the molecule is COc1ccc(NC(=O)/C(C#N)=C/c2cc3c(cc2OC)OCO3)cc1. The Labute approximate surface area is 150 Å². The molecule has 0 radical (unpaired) electrons. The Bertz CT molecular complexity index is 897. The van der Waals surface area contributed by atoms with E-state index in [2.05, 4.69) is 5.32 Å². The zero-order valence-corrected chi connectivity index (χ0v) is 14.2. The highest BCUT2D eigenvalue weighted by Crippen LogP contribution is 2.38. The van der Waals surface area contributed by atoms with Crippen LogP contribution >= 0.6 is 0 Å². The van der Waals surface area contributed by atoms with E-state index in [0.717, 1.165) is 0 Å². The van der Waals surface area contributed by atoms with Gasteiger partial charge in [-0.2, -0.15) is 5.26 Å². The van der Waals surface area contributed by atoms with E-state index in [0.29, 0.717) is 34.2 Å². The summed E-state index contributed by atoms with van der Waals surface area (Å²) in [6, 6.07) is 12.0. The molecule has 1 N–H and O–H groups in total. The summed E-state index contributed by atoms with van der Waals surface area (Å²) < 4.78 is 21.0. The smallest absolute Gasteiger partial charge is 0.266 e. The van der Waals surface area contributed by atoms with Crippen molar-refractivity contribution in [2.75, 3.05) is 26.3 Å². The number of nitriles is 1. The Morgan fingerprint density at radius 1 is 1.15 bits per heavy atom. The predicted molar refractivity (Wildman–Crippen MR) is 94.3 cm³/mol. The van der Waals surface area contributed by atoms with Gasteiger partial charge in [-0.15, -0.1) is 0 Å². The number of anilines is 1. The molecule has 132 valence electrons. The van der Waals surface area contributed by atoms with Gasteiger partial charge >= 0.3 is 0 Å². The van der Waals surface area contributed by atoms with Crippen LogP contribution in [-0.2, 0) is 4.79 Å². The van der Waals surface area contributed by atoms with Crippen LogP contribution in [0, 0.1) is 11.3 Å². The molecule has 7 heteroatoms. The van der Waals surface area contributed by atoms with Crippen molar-refractivity contribution in [2.24, 2.45) is 0 Å². The van der Waals surface area contributed by atoms with Crippen LogP contribution in [0.1, 0.15) is 5.56 Å². The van der Waals surface area contributed by atoms with Gasteiger partial charge in [-0.1, -0.05) is 0 Å². The fourth-order valence-corrected chi connectivity index (χ4v) is 2.41. The molecule has 0 atom stereocenters. The summed E-state index contributed by atoms with van der Waals surface area (Å²) in [7, 11) is 3.06. The first-order valence-electron chi connectivity index (χ1n) is 7.69. The van der Waals surface area contributed by atoms with Gasteiger partial charge in [0.1, 0.15) is 23.1 Å². The molecule has 0 aromatic heterocycles. The zero-order valence-electron chi connectivity index (χ0n) is 14.2. The molecule has 1 aliphatic heterocycles. The molecule has 3 rings (SSSR count). The van der Waals surface area contributed by atoms with Crippen molar-refractivity contribution in [3.63, 3.8) is 0 Å². The van der Waals surface area contributed by atoms with E-state index in [4.69, 9.17) is 18.9 Å². The second kappa shape index (κ2) is 7.49. The maximum absolute atomic E-state index is 12.4. The molecule has 1 aliphatic rings. The molecular formula is C19H16N2O5. The van der Waals surface area contributed by atoms with Crippen LogP contribution in [0.15, 0.2) is 42.0 Å². The minimum absolute atomic E-state index is 0.0713. The molecule has 7 nitrogen and oxygen atoms in total. The maximum atomic E-state index is 12.4. The number of ether oxygens (including phenoxy) is 4. The van der Waals surface area contributed by atoms with E-state index in [1.54, 1.807) is 43.5 Å². The molecule has 0 spiro atoms. The van der Waals surface area contributed by atoms with Crippen LogP contribution in [0.3, 0.4) is 0 Å². The first-order chi connectivity index (χ1) is 12.6. The number of nitrogens with one attached hydrogen (secondary N) is 1. The first-order valence-corrected chi connectivity index (χ1v) is 7.69. The number of benzene rings is 2. The van der Waals surface area contributed by atoms with Crippen LogP contribution < -0.4 is 24.3 Å². The molecule has 0 aliphatic carbocycles. The van der Waals surface area contributed by atoms with Crippen molar-refractivity contribution in [3.05, 3.63) is 47.5 Å². The summed E-state index contributed by atoms with van der Waals surface area (Å²) >= 11 is 0. The van der Waals surface area contributed by atoms with Crippen molar-refractivity contribution in [3.8, 4) is 29.1 Å². The lowest BCUT2D eigenvalue weighted by Crippen LogP contribution is -2.13. The number of amides is 1. The van der Waals surface area contributed by atoms with E-state index in [1.807, 2.05) is 6.07 Å². The number of fused-ring (bicyclic) bond motifs is 1. The van der Waals surface area contributed by atoms with Crippen molar-refractivity contribution >= 4 is 17.7 Å². The van der Waals surface area contributed by atoms with E-state index in [-0.39, 0.29) is 12.4 Å². The lowest BCUT2D eigenvalue weighted by atomic mass is 10.1. The van der Waals surface area contributed by atoms with Crippen molar-refractivity contribution < 1.29 is 23.7 Å². The molecule has 2 aromatic carbocycles. The first kappa shape index (κ1) is 17.2. The van der Waals surface area contributed by atoms with Crippen LogP contribution in [0.5, 0.6) is 23.0 Å². The molecule has 0 unspecified atom stereocenters. The second-order valence-electron chi connectivity index (χ2n) is 5.30. The van der Waals surface area contributed by atoms with E-state index >= 15 is 0 Å². The fourth-order valence-electron chi connectivity index (χ4n) is 2.41. The van der Waals surface area contributed by atoms with Gasteiger partial charge in [0.15, 0.2) is 11.5 Å². The average molecular weight is 352 g/mol. The van der Waals surface area contributed by atoms with Gasteiger partial charge in [0.2, 0.25) is 6.79 Å². The number of hydrogen-bond acceptors (Lipinski definition) is 6. The van der Waals surface area contributed by atoms with Crippen molar-refractivity contribution in [2.45, 2.75) is 0 Å². The molecule has 1 heterocycles. The highest BCUT2D eigenvalue weighted by Gasteiger charge is 2.18. The minimum atomic E-state index is -0.530. The monoisotopic (exact) mass is 352 g/mol. The van der Waals surface area contributed by atoms with Gasteiger partial charge in [-0.25, -0.2) is 0 Å². The number of rotatable bonds is 5. The van der Waals surface area contributed by atoms with Crippen LogP contribution in [0.4, 0.5) is 5.69 Å². The summed E-state index contributed by atoms with van der Waals surface area (Å²) in [5.41, 5.74) is 1.02. The maximum Gasteiger partial charge on any atom is 0.266 e. The lowest BCUT2D eigenvalue weighted by molar-refractivity contribution is -0.112. The number of methoxy groups -OCH3 is 2. The quantitative estimate of drug-likeness (QED) is 0.657. The van der Waals surface area contributed by atoms with Crippen molar-refractivity contribution in [1.82, 2.24) is 0 Å². The van der Waals surface area contributed by atoms with Gasteiger partial charge in [0.05, 0.1) is 14.2 Å². The molecule has 0 saturated carbocycles. The van der Waals surface area contributed by atoms with Gasteiger partial charge in [-0.3, -0.25) is 4.79 Å². The summed E-state index contributed by atoms with van der Waals surface area (Å²) in [5.74, 6) is 1.70. The predicted octanol–water partition coefficient (Wildman–Crippen LogP) is 2.98. The lowest BCUT2D eigenvalue weighted by Gasteiger charge is -2.08. The Morgan fingerprint density at radius 2 is 1.85 bits per heavy atom. The van der Waals surface area contributed by atoms with E-state index in [9.17, 15) is 10.1 Å². The molecule has 26 heavy (non-hydrogen) atoms. The van der Waals surface area contributed by atoms with Crippen LogP contribution in [-0.4, -0.2) is 26.9 Å². The average Bonchev–Trinajstić information content (AvgIpc) is 3.13. The largest absolute Gasteiger partial charge is 0.497 e. The van der Waals surface area contributed by atoms with Gasteiger partial charge in [0.25, 0.3) is 5.91 Å². The molecule has 2 aromatic rings. The molecule has 0 saturated heterocycles. The van der Waals surface area contributed by atoms with Gasteiger partial charge in [0, 0.05) is 17.3 Å². The topological polar surface area (TPSA) is 89.8 Å². The number of carbonyl (C=O) groups is 1. The van der Waals surface area contributed by atoms with Crippen LogP contribution in [0.25, 0.3) is 6.08 Å². The molecular weight excluding hydrogens is 336 g/mol. The highest BCUT2D eigenvalue weighted by molar-refractivity contribution is 6.09. The standard InChI is InChI=1S/C19H16N2O5/c1-23-15-5-3-14(4-6-15)21-19(22)13(10-20)7-12-8-17-18(26-11-25-17)9-16(12)24-2/h3-9H,11H2,1-2H3,(H,21,22)/b13-7+. The van der Waals surface area contributed by atoms with Crippen molar-refractivity contribution in [1.29, 1.82) is 5.26 Å². The Morgan fingerprint density at radius 3 is 2.46 bits per heavy atom. The third-order valence-electron chi connectivity index (χ3n) is 3.74. The minimum Gasteiger partial charge on any atom is -0.497 e. The highest BCUT2D eigenvalue weighted by atomic mass is 16.7. The van der Waals surface area contributed by atoms with Crippen LogP contribution in [0.2, 0.25) is 0 Å². The van der Waals surface area contributed by atoms with Gasteiger partial charge < -0.3 is 24.3 Å². The second-order valence-corrected chi connectivity index (χ2v) is 5.30. The van der Waals surface area contributed by atoms with E-state index in [1.165, 1.54) is 13.2 Å². The Balaban J connectivity index is 1.85. The molecule has 1 amide bonds. The molecule has 0 bridgehead atoms. The molecule has 0 fully saturated rings. The third-order valence-corrected chi connectivity index (χ3v) is 3.74. The summed E-state index contributed by atoms with van der Waals surface area (Å²) in [6.45, 7) is 0.120. The summed E-state index contributed by atoms with van der Waals surface area (Å²) in [6.07, 6.45) is 1.44. The summed E-state index contributed by atoms with van der Waals surface area (Å²) in [5, 5.41) is 12.1. The fraction of sp³-hybridized carbons (Fsp3) is 0.158. The normalized spacial score (nSPS) is 12.3. The number of carbonyl (C=O) groups excluding carboxylic acids is 1. The Hall–Kier alpha value is -3.66.